The molecule has 106 valence electrons. The fourth-order valence-electron chi connectivity index (χ4n) is 2.09. The summed E-state index contributed by atoms with van der Waals surface area (Å²) >= 11 is 0. The van der Waals surface area contributed by atoms with Crippen molar-refractivity contribution in [2.75, 3.05) is 6.61 Å². The highest BCUT2D eigenvalue weighted by atomic mass is 16.7. The first kappa shape index (κ1) is 14.4. The minimum Gasteiger partial charge on any atom is -0.388 e. The van der Waals surface area contributed by atoms with Gasteiger partial charge in [-0.2, -0.15) is 0 Å². The lowest BCUT2D eigenvalue weighted by Crippen LogP contribution is -2.57. The van der Waals surface area contributed by atoms with Gasteiger partial charge in [0.25, 0.3) is 0 Å². The van der Waals surface area contributed by atoms with Crippen LogP contribution in [-0.2, 0) is 15.9 Å². The zero-order valence-corrected chi connectivity index (χ0v) is 10.8. The van der Waals surface area contributed by atoms with Gasteiger partial charge in [0, 0.05) is 0 Å². The first-order valence-corrected chi connectivity index (χ1v) is 6.45. The van der Waals surface area contributed by atoms with Gasteiger partial charge in [0.2, 0.25) is 0 Å². The Morgan fingerprint density at radius 3 is 2.42 bits per heavy atom. The molecule has 3 N–H and O–H groups in total. The summed E-state index contributed by atoms with van der Waals surface area (Å²) in [4.78, 5) is 0. The van der Waals surface area contributed by atoms with Gasteiger partial charge in [-0.25, -0.2) is 0 Å². The molecule has 1 heterocycles. The van der Waals surface area contributed by atoms with E-state index in [9.17, 15) is 15.3 Å². The molecule has 1 aromatic rings. The number of benzene rings is 1. The lowest BCUT2D eigenvalue weighted by molar-refractivity contribution is -0.292. The van der Waals surface area contributed by atoms with Crippen molar-refractivity contribution in [3.63, 3.8) is 0 Å². The summed E-state index contributed by atoms with van der Waals surface area (Å²) in [5, 5.41) is 29.0. The average molecular weight is 268 g/mol. The molecule has 2 rings (SSSR count). The molecule has 1 fully saturated rings. The van der Waals surface area contributed by atoms with Crippen LogP contribution < -0.4 is 0 Å². The maximum atomic E-state index is 9.76. The van der Waals surface area contributed by atoms with E-state index in [1.165, 1.54) is 0 Å². The molecule has 0 aromatic heterocycles. The van der Waals surface area contributed by atoms with Crippen molar-refractivity contribution < 1.29 is 24.8 Å². The lowest BCUT2D eigenvalue weighted by atomic mass is 10.00. The minimum absolute atomic E-state index is 0.376. The van der Waals surface area contributed by atoms with Crippen LogP contribution in [0.4, 0.5) is 0 Å². The Labute approximate surface area is 112 Å². The SMILES string of the molecule is CC1OC(OCCc2ccccc2)C(O)C(O)C1O. The van der Waals surface area contributed by atoms with E-state index < -0.39 is 30.7 Å². The van der Waals surface area contributed by atoms with Gasteiger partial charge in [0.1, 0.15) is 18.3 Å². The van der Waals surface area contributed by atoms with Crippen molar-refractivity contribution in [2.45, 2.75) is 44.1 Å². The first-order chi connectivity index (χ1) is 9.09. The van der Waals surface area contributed by atoms with Gasteiger partial charge in [0.15, 0.2) is 6.29 Å². The molecule has 1 aliphatic heterocycles. The fraction of sp³-hybridized carbons (Fsp3) is 0.571. The van der Waals surface area contributed by atoms with E-state index in [4.69, 9.17) is 9.47 Å². The minimum atomic E-state index is -1.24. The number of aliphatic hydroxyl groups excluding tert-OH is 3. The predicted molar refractivity (Wildman–Crippen MR) is 68.5 cm³/mol. The molecule has 0 spiro atoms. The Balaban J connectivity index is 1.82. The van der Waals surface area contributed by atoms with E-state index >= 15 is 0 Å². The van der Waals surface area contributed by atoms with Gasteiger partial charge in [-0.1, -0.05) is 30.3 Å². The van der Waals surface area contributed by atoms with Crippen molar-refractivity contribution in [1.29, 1.82) is 0 Å². The van der Waals surface area contributed by atoms with E-state index in [1.54, 1.807) is 6.92 Å². The predicted octanol–water partition coefficient (Wildman–Crippen LogP) is 0.0732. The summed E-state index contributed by atoms with van der Waals surface area (Å²) in [6.07, 6.45) is -4.35. The summed E-state index contributed by atoms with van der Waals surface area (Å²) < 4.78 is 10.8. The third-order valence-corrected chi connectivity index (χ3v) is 3.32. The van der Waals surface area contributed by atoms with E-state index in [0.717, 1.165) is 5.56 Å². The summed E-state index contributed by atoms with van der Waals surface area (Å²) in [5.41, 5.74) is 1.13. The number of rotatable bonds is 4. The van der Waals surface area contributed by atoms with Crippen LogP contribution in [0.5, 0.6) is 0 Å². The van der Waals surface area contributed by atoms with Crippen molar-refractivity contribution >= 4 is 0 Å². The van der Waals surface area contributed by atoms with Gasteiger partial charge in [-0.05, 0) is 18.9 Å². The van der Waals surface area contributed by atoms with Crippen LogP contribution in [0.2, 0.25) is 0 Å². The Morgan fingerprint density at radius 2 is 1.74 bits per heavy atom. The zero-order chi connectivity index (χ0) is 13.8. The molecule has 0 bridgehead atoms. The van der Waals surface area contributed by atoms with Gasteiger partial charge >= 0.3 is 0 Å². The maximum absolute atomic E-state index is 9.76. The second-order valence-corrected chi connectivity index (χ2v) is 4.79. The van der Waals surface area contributed by atoms with Crippen molar-refractivity contribution in [1.82, 2.24) is 0 Å². The molecule has 5 unspecified atom stereocenters. The number of ether oxygens (including phenoxy) is 2. The lowest BCUT2D eigenvalue weighted by Gasteiger charge is -2.38. The summed E-state index contributed by atoms with van der Waals surface area (Å²) in [5.74, 6) is 0. The molecule has 5 atom stereocenters. The molecule has 1 aromatic carbocycles. The van der Waals surface area contributed by atoms with E-state index in [2.05, 4.69) is 0 Å². The molecule has 1 saturated heterocycles. The van der Waals surface area contributed by atoms with E-state index in [1.807, 2.05) is 30.3 Å². The molecule has 5 nitrogen and oxygen atoms in total. The molecular formula is C14H20O5. The standard InChI is InChI=1S/C14H20O5/c1-9-11(15)12(16)13(17)14(19-9)18-8-7-10-5-3-2-4-6-10/h2-6,9,11-17H,7-8H2,1H3. The monoisotopic (exact) mass is 268 g/mol. The molecule has 0 aliphatic carbocycles. The zero-order valence-electron chi connectivity index (χ0n) is 10.8. The van der Waals surface area contributed by atoms with Gasteiger partial charge in [0.05, 0.1) is 12.7 Å². The van der Waals surface area contributed by atoms with Gasteiger partial charge in [-0.3, -0.25) is 0 Å². The van der Waals surface area contributed by atoms with Crippen LogP contribution in [0.1, 0.15) is 12.5 Å². The smallest absolute Gasteiger partial charge is 0.186 e. The summed E-state index contributed by atoms with van der Waals surface area (Å²) in [6, 6.07) is 9.82. The molecule has 1 aliphatic rings. The normalized spacial score (nSPS) is 35.3. The third-order valence-electron chi connectivity index (χ3n) is 3.32. The number of aliphatic hydroxyl groups is 3. The van der Waals surface area contributed by atoms with Crippen molar-refractivity contribution in [3.8, 4) is 0 Å². The second kappa shape index (κ2) is 6.45. The van der Waals surface area contributed by atoms with E-state index in [-0.39, 0.29) is 0 Å². The molecule has 19 heavy (non-hydrogen) atoms. The third kappa shape index (κ3) is 3.52. The van der Waals surface area contributed by atoms with Gasteiger partial charge in [-0.15, -0.1) is 0 Å². The van der Waals surface area contributed by atoms with E-state index in [0.29, 0.717) is 13.0 Å². The van der Waals surface area contributed by atoms with Crippen LogP contribution in [-0.4, -0.2) is 52.6 Å². The maximum Gasteiger partial charge on any atom is 0.186 e. The van der Waals surface area contributed by atoms with Crippen LogP contribution in [0.3, 0.4) is 0 Å². The Morgan fingerprint density at radius 1 is 1.05 bits per heavy atom. The van der Waals surface area contributed by atoms with Crippen molar-refractivity contribution in [3.05, 3.63) is 35.9 Å². The molecule has 0 radical (unpaired) electrons. The van der Waals surface area contributed by atoms with Crippen LogP contribution in [0.25, 0.3) is 0 Å². The first-order valence-electron chi connectivity index (χ1n) is 6.45. The Bertz CT molecular complexity index is 383. The van der Waals surface area contributed by atoms with Gasteiger partial charge < -0.3 is 24.8 Å². The van der Waals surface area contributed by atoms with Crippen LogP contribution >= 0.6 is 0 Å². The highest BCUT2D eigenvalue weighted by Gasteiger charge is 2.42. The largest absolute Gasteiger partial charge is 0.388 e. The summed E-state index contributed by atoms with van der Waals surface area (Å²) in [6.45, 7) is 2.01. The summed E-state index contributed by atoms with van der Waals surface area (Å²) in [7, 11) is 0. The fourth-order valence-corrected chi connectivity index (χ4v) is 2.09. The van der Waals surface area contributed by atoms with Crippen molar-refractivity contribution in [2.24, 2.45) is 0 Å². The molecule has 0 amide bonds. The Hall–Kier alpha value is -0.980. The number of hydrogen-bond acceptors (Lipinski definition) is 5. The molecular weight excluding hydrogens is 248 g/mol. The molecule has 0 saturated carbocycles. The Kier molecular flexibility index (Phi) is 4.90. The topological polar surface area (TPSA) is 79.2 Å². The second-order valence-electron chi connectivity index (χ2n) is 4.79. The molecule has 5 heteroatoms. The quantitative estimate of drug-likeness (QED) is 0.720. The number of hydrogen-bond donors (Lipinski definition) is 3. The van der Waals surface area contributed by atoms with Crippen LogP contribution in [0, 0.1) is 0 Å². The van der Waals surface area contributed by atoms with Crippen LogP contribution in [0.15, 0.2) is 30.3 Å². The highest BCUT2D eigenvalue weighted by molar-refractivity contribution is 5.14. The highest BCUT2D eigenvalue weighted by Crippen LogP contribution is 2.21. The average Bonchev–Trinajstić information content (AvgIpc) is 2.43.